The first kappa shape index (κ1) is 15.8. The highest BCUT2D eigenvalue weighted by molar-refractivity contribution is 14.1. The number of esters is 1. The second-order valence-electron chi connectivity index (χ2n) is 5.07. The lowest BCUT2D eigenvalue weighted by molar-refractivity contribution is 0.0734. The van der Waals surface area contributed by atoms with E-state index in [1.807, 2.05) is 12.1 Å². The Morgan fingerprint density at radius 2 is 1.57 bits per heavy atom. The van der Waals surface area contributed by atoms with Crippen molar-refractivity contribution in [2.75, 3.05) is 6.61 Å². The average Bonchev–Trinajstić information content (AvgIpc) is 2.48. The van der Waals surface area contributed by atoms with Crippen molar-refractivity contribution in [1.82, 2.24) is 0 Å². The molecular formula is C17H17IO3. The lowest BCUT2D eigenvalue weighted by Crippen LogP contribution is -2.09. The van der Waals surface area contributed by atoms with Gasteiger partial charge in [-0.25, -0.2) is 4.79 Å². The van der Waals surface area contributed by atoms with Crippen LogP contribution < -0.4 is 9.47 Å². The van der Waals surface area contributed by atoms with Crippen molar-refractivity contribution in [3.63, 3.8) is 0 Å². The summed E-state index contributed by atoms with van der Waals surface area (Å²) < 4.78 is 12.0. The van der Waals surface area contributed by atoms with E-state index in [0.717, 1.165) is 9.32 Å². The van der Waals surface area contributed by atoms with Gasteiger partial charge in [0, 0.05) is 3.57 Å². The minimum absolute atomic E-state index is 0.369. The van der Waals surface area contributed by atoms with Crippen LogP contribution in [-0.4, -0.2) is 12.6 Å². The number of benzene rings is 2. The molecule has 0 aliphatic carbocycles. The summed E-state index contributed by atoms with van der Waals surface area (Å²) >= 11 is 2.20. The summed E-state index contributed by atoms with van der Waals surface area (Å²) in [6.07, 6.45) is 0. The van der Waals surface area contributed by atoms with Gasteiger partial charge in [0.1, 0.15) is 11.5 Å². The van der Waals surface area contributed by atoms with Gasteiger partial charge in [0.15, 0.2) is 0 Å². The van der Waals surface area contributed by atoms with Gasteiger partial charge in [-0.1, -0.05) is 13.8 Å². The molecule has 0 spiro atoms. The fourth-order valence-electron chi connectivity index (χ4n) is 1.62. The smallest absolute Gasteiger partial charge is 0.343 e. The Labute approximate surface area is 138 Å². The van der Waals surface area contributed by atoms with Crippen LogP contribution in [0, 0.1) is 9.49 Å². The molecule has 0 bridgehead atoms. The normalized spacial score (nSPS) is 10.5. The first-order chi connectivity index (χ1) is 10.0. The highest BCUT2D eigenvalue weighted by Crippen LogP contribution is 2.17. The number of hydrogen-bond acceptors (Lipinski definition) is 3. The highest BCUT2D eigenvalue weighted by atomic mass is 127. The van der Waals surface area contributed by atoms with Crippen LogP contribution in [0.2, 0.25) is 0 Å². The maximum Gasteiger partial charge on any atom is 0.343 e. The van der Waals surface area contributed by atoms with Crippen LogP contribution in [0.15, 0.2) is 48.5 Å². The van der Waals surface area contributed by atoms with Crippen LogP contribution >= 0.6 is 22.6 Å². The monoisotopic (exact) mass is 396 g/mol. The third-order valence-corrected chi connectivity index (χ3v) is 3.42. The van der Waals surface area contributed by atoms with E-state index in [9.17, 15) is 4.79 Å². The molecule has 0 aliphatic heterocycles. The Balaban J connectivity index is 1.97. The van der Waals surface area contributed by atoms with Crippen LogP contribution in [0.3, 0.4) is 0 Å². The summed E-state index contributed by atoms with van der Waals surface area (Å²) in [6, 6.07) is 14.3. The van der Waals surface area contributed by atoms with Crippen molar-refractivity contribution in [3.8, 4) is 11.5 Å². The van der Waals surface area contributed by atoms with Crippen molar-refractivity contribution in [2.24, 2.45) is 5.92 Å². The van der Waals surface area contributed by atoms with Gasteiger partial charge in [-0.05, 0) is 77.0 Å². The minimum atomic E-state index is -0.369. The zero-order valence-corrected chi connectivity index (χ0v) is 14.2. The molecule has 0 fully saturated rings. The number of rotatable bonds is 5. The molecule has 110 valence electrons. The Morgan fingerprint density at radius 3 is 2.14 bits per heavy atom. The molecule has 0 heterocycles. The third-order valence-electron chi connectivity index (χ3n) is 2.70. The molecule has 0 unspecified atom stereocenters. The van der Waals surface area contributed by atoms with Crippen LogP contribution in [-0.2, 0) is 0 Å². The quantitative estimate of drug-likeness (QED) is 0.423. The summed E-state index contributed by atoms with van der Waals surface area (Å²) in [6.45, 7) is 4.84. The van der Waals surface area contributed by atoms with Gasteiger partial charge in [-0.2, -0.15) is 0 Å². The van der Waals surface area contributed by atoms with Crippen molar-refractivity contribution in [3.05, 3.63) is 57.7 Å². The molecule has 3 nitrogen and oxygen atoms in total. The maximum absolute atomic E-state index is 12.0. The predicted octanol–water partition coefficient (Wildman–Crippen LogP) is 4.55. The molecule has 0 aromatic heterocycles. The molecule has 2 rings (SSSR count). The molecule has 21 heavy (non-hydrogen) atoms. The summed E-state index contributed by atoms with van der Waals surface area (Å²) in [5.74, 6) is 1.40. The largest absolute Gasteiger partial charge is 0.493 e. The van der Waals surface area contributed by atoms with Gasteiger partial charge in [-0.15, -0.1) is 0 Å². The van der Waals surface area contributed by atoms with Gasteiger partial charge < -0.3 is 9.47 Å². The lowest BCUT2D eigenvalue weighted by Gasteiger charge is -2.09. The lowest BCUT2D eigenvalue weighted by atomic mass is 10.2. The molecule has 4 heteroatoms. The molecule has 2 aromatic carbocycles. The van der Waals surface area contributed by atoms with Gasteiger partial charge in [0.25, 0.3) is 0 Å². The fraction of sp³-hybridized carbons (Fsp3) is 0.235. The van der Waals surface area contributed by atoms with Crippen molar-refractivity contribution >= 4 is 28.6 Å². The van der Waals surface area contributed by atoms with Crippen LogP contribution in [0.1, 0.15) is 24.2 Å². The standard InChI is InChI=1S/C17H17IO3/c1-12(2)11-20-15-7-3-13(4-8-15)17(19)21-16-9-5-14(18)6-10-16/h3-10,12H,11H2,1-2H3. The number of ether oxygens (including phenoxy) is 2. The number of hydrogen-bond donors (Lipinski definition) is 0. The minimum Gasteiger partial charge on any atom is -0.493 e. The van der Waals surface area contributed by atoms with E-state index in [1.165, 1.54) is 0 Å². The summed E-state index contributed by atoms with van der Waals surface area (Å²) in [5, 5.41) is 0. The zero-order chi connectivity index (χ0) is 15.2. The van der Waals surface area contributed by atoms with Crippen molar-refractivity contribution < 1.29 is 14.3 Å². The molecule has 2 aromatic rings. The van der Waals surface area contributed by atoms with E-state index in [-0.39, 0.29) is 5.97 Å². The van der Waals surface area contributed by atoms with Crippen LogP contribution in [0.5, 0.6) is 11.5 Å². The SMILES string of the molecule is CC(C)COc1ccc(C(=O)Oc2ccc(I)cc2)cc1. The summed E-state index contributed by atoms with van der Waals surface area (Å²) in [4.78, 5) is 12.0. The second-order valence-corrected chi connectivity index (χ2v) is 6.32. The predicted molar refractivity (Wildman–Crippen MR) is 90.9 cm³/mol. The molecule has 0 saturated carbocycles. The number of halogens is 1. The first-order valence-electron chi connectivity index (χ1n) is 6.75. The van der Waals surface area contributed by atoms with E-state index in [2.05, 4.69) is 36.4 Å². The molecule has 0 saturated heterocycles. The molecular weight excluding hydrogens is 379 g/mol. The highest BCUT2D eigenvalue weighted by Gasteiger charge is 2.08. The topological polar surface area (TPSA) is 35.5 Å². The van der Waals surface area contributed by atoms with Crippen LogP contribution in [0.4, 0.5) is 0 Å². The van der Waals surface area contributed by atoms with Gasteiger partial charge in [0.05, 0.1) is 12.2 Å². The van der Waals surface area contributed by atoms with E-state index < -0.39 is 0 Å². The fourth-order valence-corrected chi connectivity index (χ4v) is 1.98. The van der Waals surface area contributed by atoms with E-state index >= 15 is 0 Å². The summed E-state index contributed by atoms with van der Waals surface area (Å²) in [5.41, 5.74) is 0.505. The number of carbonyl (C=O) groups excluding carboxylic acids is 1. The average molecular weight is 396 g/mol. The van der Waals surface area contributed by atoms with Gasteiger partial charge in [-0.3, -0.25) is 0 Å². The van der Waals surface area contributed by atoms with E-state index in [1.54, 1.807) is 36.4 Å². The Kier molecular flexibility index (Phi) is 5.61. The zero-order valence-electron chi connectivity index (χ0n) is 12.0. The summed E-state index contributed by atoms with van der Waals surface area (Å²) in [7, 11) is 0. The Hall–Kier alpha value is -1.56. The van der Waals surface area contributed by atoms with Gasteiger partial charge >= 0.3 is 5.97 Å². The van der Waals surface area contributed by atoms with Crippen molar-refractivity contribution in [1.29, 1.82) is 0 Å². The van der Waals surface area contributed by atoms with Gasteiger partial charge in [0.2, 0.25) is 0 Å². The van der Waals surface area contributed by atoms with E-state index in [4.69, 9.17) is 9.47 Å². The number of carbonyl (C=O) groups is 1. The molecule has 0 amide bonds. The first-order valence-corrected chi connectivity index (χ1v) is 7.83. The van der Waals surface area contributed by atoms with E-state index in [0.29, 0.717) is 23.8 Å². The van der Waals surface area contributed by atoms with Crippen LogP contribution in [0.25, 0.3) is 0 Å². The molecule has 0 radical (unpaired) electrons. The second kappa shape index (κ2) is 7.45. The molecule has 0 atom stereocenters. The molecule has 0 N–H and O–H groups in total. The Morgan fingerprint density at radius 1 is 1.00 bits per heavy atom. The van der Waals surface area contributed by atoms with Crippen molar-refractivity contribution in [2.45, 2.75) is 13.8 Å². The molecule has 0 aliphatic rings. The Bertz CT molecular complexity index is 588. The third kappa shape index (κ3) is 5.04. The maximum atomic E-state index is 12.0.